The van der Waals surface area contributed by atoms with E-state index in [2.05, 4.69) is 4.98 Å². The Balaban J connectivity index is 2.40. The number of hydrogen-bond donors (Lipinski definition) is 0. The van der Waals surface area contributed by atoms with Crippen LogP contribution < -0.4 is 9.47 Å². The quantitative estimate of drug-likeness (QED) is 0.820. The molecular weight excluding hydrogens is 226 g/mol. The fourth-order valence-corrected chi connectivity index (χ4v) is 1.79. The number of rotatable bonds is 4. The van der Waals surface area contributed by atoms with Crippen LogP contribution in [0.25, 0.3) is 10.8 Å². The summed E-state index contributed by atoms with van der Waals surface area (Å²) in [5.41, 5.74) is 0. The summed E-state index contributed by atoms with van der Waals surface area (Å²) in [6.07, 6.45) is 2.06. The van der Waals surface area contributed by atoms with E-state index in [9.17, 15) is 0 Å². The van der Waals surface area contributed by atoms with E-state index in [1.165, 1.54) is 0 Å². The molecule has 0 fully saturated rings. The van der Waals surface area contributed by atoms with Gasteiger partial charge in [0, 0.05) is 11.6 Å². The van der Waals surface area contributed by atoms with Crippen molar-refractivity contribution in [3.8, 4) is 11.6 Å². The first kappa shape index (κ1) is 12.7. The Kier molecular flexibility index (Phi) is 3.70. The van der Waals surface area contributed by atoms with Gasteiger partial charge in [-0.2, -0.15) is 0 Å². The minimum Gasteiger partial charge on any atom is -0.491 e. The second kappa shape index (κ2) is 5.25. The molecule has 1 aromatic carbocycles. The molecule has 0 saturated heterocycles. The van der Waals surface area contributed by atoms with Gasteiger partial charge in [0.1, 0.15) is 5.75 Å². The summed E-state index contributed by atoms with van der Waals surface area (Å²) in [4.78, 5) is 4.27. The maximum Gasteiger partial charge on any atom is 0.221 e. The van der Waals surface area contributed by atoms with Crippen molar-refractivity contribution in [2.24, 2.45) is 0 Å². The molecule has 0 unspecified atom stereocenters. The van der Waals surface area contributed by atoms with Crippen molar-refractivity contribution in [2.45, 2.75) is 39.9 Å². The van der Waals surface area contributed by atoms with Crippen LogP contribution in [0.1, 0.15) is 27.7 Å². The van der Waals surface area contributed by atoms with Gasteiger partial charge in [0.2, 0.25) is 5.88 Å². The molecule has 1 heterocycles. The van der Waals surface area contributed by atoms with E-state index < -0.39 is 0 Å². The van der Waals surface area contributed by atoms with Gasteiger partial charge in [0.25, 0.3) is 0 Å². The van der Waals surface area contributed by atoms with Crippen LogP contribution in [0.5, 0.6) is 11.6 Å². The zero-order chi connectivity index (χ0) is 13.1. The summed E-state index contributed by atoms with van der Waals surface area (Å²) >= 11 is 0. The largest absolute Gasteiger partial charge is 0.491 e. The number of aromatic nitrogens is 1. The van der Waals surface area contributed by atoms with Crippen molar-refractivity contribution in [3.63, 3.8) is 0 Å². The molecule has 18 heavy (non-hydrogen) atoms. The van der Waals surface area contributed by atoms with Crippen LogP contribution in [0.3, 0.4) is 0 Å². The first-order valence-electron chi connectivity index (χ1n) is 6.28. The first-order valence-corrected chi connectivity index (χ1v) is 6.28. The Morgan fingerprint density at radius 2 is 1.67 bits per heavy atom. The lowest BCUT2D eigenvalue weighted by Gasteiger charge is -2.13. The van der Waals surface area contributed by atoms with Crippen LogP contribution in [0, 0.1) is 0 Å². The molecular formula is C15H19NO2. The van der Waals surface area contributed by atoms with Gasteiger partial charge in [-0.1, -0.05) is 0 Å². The molecule has 0 radical (unpaired) electrons. The van der Waals surface area contributed by atoms with Crippen molar-refractivity contribution in [1.29, 1.82) is 0 Å². The maximum atomic E-state index is 5.70. The lowest BCUT2D eigenvalue weighted by Crippen LogP contribution is -2.07. The molecule has 0 bridgehead atoms. The summed E-state index contributed by atoms with van der Waals surface area (Å²) in [6.45, 7) is 8.03. The van der Waals surface area contributed by atoms with Gasteiger partial charge in [0.15, 0.2) is 0 Å². The lowest BCUT2D eigenvalue weighted by atomic mass is 10.1. The average molecular weight is 245 g/mol. The molecule has 2 aromatic rings. The number of ether oxygens (including phenoxy) is 2. The van der Waals surface area contributed by atoms with E-state index in [0.717, 1.165) is 16.5 Å². The lowest BCUT2D eigenvalue weighted by molar-refractivity contribution is 0.236. The van der Waals surface area contributed by atoms with Crippen molar-refractivity contribution in [1.82, 2.24) is 4.98 Å². The molecule has 0 aliphatic carbocycles. The summed E-state index contributed by atoms with van der Waals surface area (Å²) in [5.74, 6) is 1.55. The molecule has 1 aromatic heterocycles. The molecule has 2 rings (SSSR count). The van der Waals surface area contributed by atoms with Gasteiger partial charge in [-0.05, 0) is 57.3 Å². The smallest absolute Gasteiger partial charge is 0.221 e. The third-order valence-electron chi connectivity index (χ3n) is 2.42. The highest BCUT2D eigenvalue weighted by Crippen LogP contribution is 2.27. The van der Waals surface area contributed by atoms with Crippen molar-refractivity contribution < 1.29 is 9.47 Å². The molecule has 0 saturated carbocycles. The fourth-order valence-electron chi connectivity index (χ4n) is 1.79. The Morgan fingerprint density at radius 3 is 2.33 bits per heavy atom. The molecule has 0 spiro atoms. The van der Waals surface area contributed by atoms with Gasteiger partial charge in [0.05, 0.1) is 12.2 Å². The minimum absolute atomic E-state index is 0.120. The number of benzene rings is 1. The van der Waals surface area contributed by atoms with Crippen LogP contribution in [0.2, 0.25) is 0 Å². The standard InChI is InChI=1S/C15H19NO2/c1-10(2)17-13-5-6-14-12(9-13)7-8-16-15(14)18-11(3)4/h5-11H,1-4H3. The molecule has 0 amide bonds. The molecule has 3 nitrogen and oxygen atoms in total. The second-order valence-corrected chi connectivity index (χ2v) is 4.83. The molecule has 0 aliphatic heterocycles. The van der Waals surface area contributed by atoms with Gasteiger partial charge in [-0.3, -0.25) is 0 Å². The predicted molar refractivity (Wildman–Crippen MR) is 73.3 cm³/mol. The van der Waals surface area contributed by atoms with Crippen LogP contribution in [-0.4, -0.2) is 17.2 Å². The van der Waals surface area contributed by atoms with Crippen LogP contribution in [0.15, 0.2) is 30.5 Å². The van der Waals surface area contributed by atoms with E-state index in [1.54, 1.807) is 6.20 Å². The van der Waals surface area contributed by atoms with E-state index in [0.29, 0.717) is 5.88 Å². The zero-order valence-electron chi connectivity index (χ0n) is 11.3. The third kappa shape index (κ3) is 2.92. The fraction of sp³-hybridized carbons (Fsp3) is 0.400. The maximum absolute atomic E-state index is 5.70. The number of hydrogen-bond acceptors (Lipinski definition) is 3. The Hall–Kier alpha value is -1.77. The highest BCUT2D eigenvalue weighted by atomic mass is 16.5. The normalized spacial score (nSPS) is 11.2. The third-order valence-corrected chi connectivity index (χ3v) is 2.42. The molecule has 0 atom stereocenters. The van der Waals surface area contributed by atoms with E-state index in [1.807, 2.05) is 52.0 Å². The van der Waals surface area contributed by atoms with E-state index >= 15 is 0 Å². The summed E-state index contributed by atoms with van der Waals surface area (Å²) < 4.78 is 11.4. The van der Waals surface area contributed by atoms with Crippen LogP contribution in [0.4, 0.5) is 0 Å². The number of fused-ring (bicyclic) bond motifs is 1. The molecule has 0 aliphatic rings. The Bertz CT molecular complexity index is 535. The molecule has 3 heteroatoms. The Labute approximate surface area is 108 Å². The monoisotopic (exact) mass is 245 g/mol. The van der Waals surface area contributed by atoms with Crippen molar-refractivity contribution >= 4 is 10.8 Å². The Morgan fingerprint density at radius 1 is 0.944 bits per heavy atom. The van der Waals surface area contributed by atoms with Gasteiger partial charge in [-0.25, -0.2) is 4.98 Å². The van der Waals surface area contributed by atoms with Crippen LogP contribution >= 0.6 is 0 Å². The van der Waals surface area contributed by atoms with Crippen LogP contribution in [-0.2, 0) is 0 Å². The summed E-state index contributed by atoms with van der Waals surface area (Å²) in [6, 6.07) is 7.94. The predicted octanol–water partition coefficient (Wildman–Crippen LogP) is 3.81. The van der Waals surface area contributed by atoms with E-state index in [-0.39, 0.29) is 12.2 Å². The molecule has 0 N–H and O–H groups in total. The second-order valence-electron chi connectivity index (χ2n) is 4.83. The average Bonchev–Trinajstić information content (AvgIpc) is 2.27. The SMILES string of the molecule is CC(C)Oc1ccc2c(OC(C)C)nccc2c1. The minimum atomic E-state index is 0.120. The number of pyridine rings is 1. The highest BCUT2D eigenvalue weighted by molar-refractivity contribution is 5.87. The topological polar surface area (TPSA) is 31.4 Å². The summed E-state index contributed by atoms with van der Waals surface area (Å²) in [5, 5.41) is 2.10. The zero-order valence-corrected chi connectivity index (χ0v) is 11.3. The van der Waals surface area contributed by atoms with E-state index in [4.69, 9.17) is 9.47 Å². The number of nitrogens with zero attached hydrogens (tertiary/aromatic N) is 1. The van der Waals surface area contributed by atoms with Gasteiger partial charge >= 0.3 is 0 Å². The molecule has 96 valence electrons. The van der Waals surface area contributed by atoms with Gasteiger partial charge in [-0.15, -0.1) is 0 Å². The summed E-state index contributed by atoms with van der Waals surface area (Å²) in [7, 11) is 0. The highest BCUT2D eigenvalue weighted by Gasteiger charge is 2.07. The van der Waals surface area contributed by atoms with Gasteiger partial charge < -0.3 is 9.47 Å². The van der Waals surface area contributed by atoms with Crippen molar-refractivity contribution in [2.75, 3.05) is 0 Å². The van der Waals surface area contributed by atoms with Crippen molar-refractivity contribution in [3.05, 3.63) is 30.5 Å². The first-order chi connectivity index (χ1) is 8.56.